The number of pyridine rings is 1. The Morgan fingerprint density at radius 3 is 2.66 bits per heavy atom. The first-order valence-corrected chi connectivity index (χ1v) is 11.7. The van der Waals surface area contributed by atoms with Crippen molar-refractivity contribution in [3.05, 3.63) is 89.1 Å². The molecule has 2 atom stereocenters. The Morgan fingerprint density at radius 1 is 1.14 bits per heavy atom. The van der Waals surface area contributed by atoms with Crippen molar-refractivity contribution in [1.29, 1.82) is 0 Å². The van der Waals surface area contributed by atoms with Gasteiger partial charge in [0.15, 0.2) is 0 Å². The molecule has 1 fully saturated rings. The summed E-state index contributed by atoms with van der Waals surface area (Å²) < 4.78 is 11.5. The van der Waals surface area contributed by atoms with Crippen molar-refractivity contribution in [3.8, 4) is 11.5 Å². The number of rotatable bonds is 6. The van der Waals surface area contributed by atoms with Gasteiger partial charge in [0.05, 0.1) is 18.2 Å². The molecule has 0 bridgehead atoms. The van der Waals surface area contributed by atoms with E-state index in [0.717, 1.165) is 17.7 Å². The molecule has 1 saturated heterocycles. The zero-order valence-electron chi connectivity index (χ0n) is 19.6. The molecule has 0 spiro atoms. The minimum Gasteiger partial charge on any atom is -0.507 e. The van der Waals surface area contributed by atoms with E-state index in [2.05, 4.69) is 4.98 Å². The topological polar surface area (TPSA) is 89.0 Å². The lowest BCUT2D eigenvalue weighted by Gasteiger charge is -2.24. The lowest BCUT2D eigenvalue weighted by Crippen LogP contribution is -2.30. The van der Waals surface area contributed by atoms with Crippen LogP contribution in [0.5, 0.6) is 11.5 Å². The second kappa shape index (κ2) is 9.25. The molecule has 2 aromatic carbocycles. The number of anilines is 1. The van der Waals surface area contributed by atoms with E-state index in [1.165, 1.54) is 4.90 Å². The summed E-state index contributed by atoms with van der Waals surface area (Å²) >= 11 is 0. The second-order valence-electron chi connectivity index (χ2n) is 8.73. The summed E-state index contributed by atoms with van der Waals surface area (Å²) in [5.74, 6) is 0.0798. The fraction of sp³-hybridized carbons (Fsp3) is 0.250. The maximum absolute atomic E-state index is 13.3. The van der Waals surface area contributed by atoms with Gasteiger partial charge in [0.2, 0.25) is 0 Å². The van der Waals surface area contributed by atoms with Crippen LogP contribution in [0.15, 0.2) is 72.4 Å². The molecule has 5 rings (SSSR count). The highest BCUT2D eigenvalue weighted by molar-refractivity contribution is 6.51. The summed E-state index contributed by atoms with van der Waals surface area (Å²) in [6, 6.07) is 16.9. The maximum Gasteiger partial charge on any atom is 0.301 e. The molecular formula is C28H26N2O5. The number of hydrogen-bond acceptors (Lipinski definition) is 6. The van der Waals surface area contributed by atoms with E-state index in [1.54, 1.807) is 48.7 Å². The predicted molar refractivity (Wildman–Crippen MR) is 131 cm³/mol. The van der Waals surface area contributed by atoms with Gasteiger partial charge < -0.3 is 14.6 Å². The van der Waals surface area contributed by atoms with Crippen LogP contribution in [0.2, 0.25) is 0 Å². The molecule has 3 aromatic rings. The second-order valence-corrected chi connectivity index (χ2v) is 8.73. The summed E-state index contributed by atoms with van der Waals surface area (Å²) in [5, 5.41) is 11.4. The third kappa shape index (κ3) is 4.14. The van der Waals surface area contributed by atoms with Gasteiger partial charge in [-0.05, 0) is 66.9 Å². The molecule has 7 heteroatoms. The smallest absolute Gasteiger partial charge is 0.301 e. The number of amides is 1. The lowest BCUT2D eigenvalue weighted by molar-refractivity contribution is -0.132. The Hall–Kier alpha value is -4.13. The SMILES string of the molecule is CCCOc1ccc(C2/C(=C(\O)c3ccc4c(c3)CC(C)O4)C(=O)C(=O)N2c2ccccn2)cc1. The van der Waals surface area contributed by atoms with E-state index in [0.29, 0.717) is 35.7 Å². The number of ether oxygens (including phenoxy) is 2. The van der Waals surface area contributed by atoms with Gasteiger partial charge in [-0.2, -0.15) is 0 Å². The number of hydrogen-bond donors (Lipinski definition) is 1. The highest BCUT2D eigenvalue weighted by atomic mass is 16.5. The number of aromatic nitrogens is 1. The molecular weight excluding hydrogens is 444 g/mol. The predicted octanol–water partition coefficient (Wildman–Crippen LogP) is 4.82. The van der Waals surface area contributed by atoms with E-state index in [4.69, 9.17) is 9.47 Å². The Morgan fingerprint density at radius 2 is 1.94 bits per heavy atom. The van der Waals surface area contributed by atoms with Crippen molar-refractivity contribution in [3.63, 3.8) is 0 Å². The van der Waals surface area contributed by atoms with Crippen LogP contribution >= 0.6 is 0 Å². The van der Waals surface area contributed by atoms with E-state index >= 15 is 0 Å². The molecule has 0 radical (unpaired) electrons. The highest BCUT2D eigenvalue weighted by Gasteiger charge is 2.47. The van der Waals surface area contributed by atoms with Crippen LogP contribution in [-0.4, -0.2) is 34.5 Å². The minimum absolute atomic E-state index is 0.0230. The van der Waals surface area contributed by atoms with Crippen molar-refractivity contribution >= 4 is 23.3 Å². The van der Waals surface area contributed by atoms with Gasteiger partial charge in [-0.15, -0.1) is 0 Å². The van der Waals surface area contributed by atoms with Crippen LogP contribution in [-0.2, 0) is 16.0 Å². The molecule has 1 N–H and O–H groups in total. The summed E-state index contributed by atoms with van der Waals surface area (Å²) in [6.07, 6.45) is 3.20. The standard InChI is InChI=1S/C28H26N2O5/c1-3-14-34-21-10-7-18(8-11-21)25-24(27(32)28(33)30(25)23-6-4-5-13-29-23)26(31)19-9-12-22-20(16-19)15-17(2)35-22/h4-13,16-17,25,31H,3,14-15H2,1-2H3/b26-24+. The quantitative estimate of drug-likeness (QED) is 0.316. The molecule has 2 aliphatic rings. The van der Waals surface area contributed by atoms with Crippen LogP contribution in [0, 0.1) is 0 Å². The number of aliphatic hydroxyl groups excluding tert-OH is 1. The first-order chi connectivity index (χ1) is 17.0. The highest BCUT2D eigenvalue weighted by Crippen LogP contribution is 2.42. The number of nitrogens with zero attached hydrogens (tertiary/aromatic N) is 2. The third-order valence-corrected chi connectivity index (χ3v) is 6.18. The van der Waals surface area contributed by atoms with Gasteiger partial charge >= 0.3 is 5.91 Å². The lowest BCUT2D eigenvalue weighted by atomic mass is 9.94. The fourth-order valence-corrected chi connectivity index (χ4v) is 4.57. The van der Waals surface area contributed by atoms with Crippen LogP contribution < -0.4 is 14.4 Å². The average Bonchev–Trinajstić information content (AvgIpc) is 3.38. The summed E-state index contributed by atoms with van der Waals surface area (Å²) in [7, 11) is 0. The number of aliphatic hydroxyl groups is 1. The molecule has 3 heterocycles. The zero-order chi connectivity index (χ0) is 24.5. The summed E-state index contributed by atoms with van der Waals surface area (Å²) in [4.78, 5) is 32.2. The molecule has 35 heavy (non-hydrogen) atoms. The Labute approximate surface area is 203 Å². The van der Waals surface area contributed by atoms with E-state index < -0.39 is 17.7 Å². The van der Waals surface area contributed by atoms with Crippen LogP contribution in [0.4, 0.5) is 5.82 Å². The molecule has 0 aliphatic carbocycles. The van der Waals surface area contributed by atoms with Crippen molar-refractivity contribution in [2.45, 2.75) is 38.8 Å². The molecule has 1 aromatic heterocycles. The number of fused-ring (bicyclic) bond motifs is 1. The van der Waals surface area contributed by atoms with Crippen LogP contribution in [0.1, 0.15) is 43.0 Å². The van der Waals surface area contributed by atoms with E-state index in [9.17, 15) is 14.7 Å². The fourth-order valence-electron chi connectivity index (χ4n) is 4.57. The van der Waals surface area contributed by atoms with Crippen molar-refractivity contribution in [1.82, 2.24) is 4.98 Å². The number of ketones is 1. The van der Waals surface area contributed by atoms with Gasteiger partial charge in [0, 0.05) is 18.2 Å². The molecule has 7 nitrogen and oxygen atoms in total. The molecule has 1 amide bonds. The Balaban J connectivity index is 1.63. The van der Waals surface area contributed by atoms with Gasteiger partial charge in [-0.25, -0.2) is 4.98 Å². The Bertz CT molecular complexity index is 1300. The molecule has 2 aliphatic heterocycles. The average molecular weight is 471 g/mol. The molecule has 178 valence electrons. The summed E-state index contributed by atoms with van der Waals surface area (Å²) in [5.41, 5.74) is 2.11. The maximum atomic E-state index is 13.3. The number of benzene rings is 2. The van der Waals surface area contributed by atoms with Crippen LogP contribution in [0.3, 0.4) is 0 Å². The van der Waals surface area contributed by atoms with Crippen LogP contribution in [0.25, 0.3) is 5.76 Å². The first kappa shape index (κ1) is 22.7. The first-order valence-electron chi connectivity index (χ1n) is 11.7. The third-order valence-electron chi connectivity index (χ3n) is 6.18. The molecule has 0 saturated carbocycles. The summed E-state index contributed by atoms with van der Waals surface area (Å²) in [6.45, 7) is 4.60. The largest absolute Gasteiger partial charge is 0.507 e. The minimum atomic E-state index is -0.839. The van der Waals surface area contributed by atoms with Gasteiger partial charge in [0.1, 0.15) is 29.2 Å². The van der Waals surface area contributed by atoms with Crippen molar-refractivity contribution in [2.75, 3.05) is 11.5 Å². The van der Waals surface area contributed by atoms with E-state index in [-0.39, 0.29) is 17.4 Å². The Kier molecular flexibility index (Phi) is 5.99. The zero-order valence-corrected chi connectivity index (χ0v) is 19.6. The van der Waals surface area contributed by atoms with Crippen molar-refractivity contribution < 1.29 is 24.2 Å². The normalized spacial score (nSPS) is 20.6. The number of carbonyl (C=O) groups excluding carboxylic acids is 2. The van der Waals surface area contributed by atoms with Gasteiger partial charge in [0.25, 0.3) is 5.78 Å². The monoisotopic (exact) mass is 470 g/mol. The van der Waals surface area contributed by atoms with E-state index in [1.807, 2.05) is 32.0 Å². The van der Waals surface area contributed by atoms with Gasteiger partial charge in [-0.1, -0.05) is 25.1 Å². The number of Topliss-reactive ketones (excluding diaryl/α,β-unsaturated/α-hetero) is 1. The van der Waals surface area contributed by atoms with Crippen molar-refractivity contribution in [2.24, 2.45) is 0 Å². The number of carbonyl (C=O) groups is 2. The van der Waals surface area contributed by atoms with Gasteiger partial charge in [-0.3, -0.25) is 14.5 Å². The molecule has 2 unspecified atom stereocenters.